The lowest BCUT2D eigenvalue weighted by Gasteiger charge is -2.13. The third-order valence-corrected chi connectivity index (χ3v) is 6.69. The van der Waals surface area contributed by atoms with Crippen LogP contribution in [-0.4, -0.2) is 28.7 Å². The van der Waals surface area contributed by atoms with Gasteiger partial charge in [0.05, 0.1) is 20.6 Å². The van der Waals surface area contributed by atoms with E-state index in [4.69, 9.17) is 11.6 Å². The zero-order valence-corrected chi connectivity index (χ0v) is 18.8. The molecule has 1 aromatic carbocycles. The summed E-state index contributed by atoms with van der Waals surface area (Å²) in [6.45, 7) is 0.117. The Balaban J connectivity index is 1.36. The Labute approximate surface area is 197 Å². The summed E-state index contributed by atoms with van der Waals surface area (Å²) in [5.41, 5.74) is -0.0139. The first kappa shape index (κ1) is 22.9. The smallest absolute Gasteiger partial charge is 0.261 e. The number of carbonyl (C=O) groups excluding carboxylic acids is 3. The number of anilines is 1. The van der Waals surface area contributed by atoms with Crippen molar-refractivity contribution in [1.29, 1.82) is 0 Å². The van der Waals surface area contributed by atoms with Crippen LogP contribution in [0.25, 0.3) is 5.69 Å². The molecule has 1 aliphatic carbocycles. The molecule has 2 amide bonds. The Morgan fingerprint density at radius 1 is 1.15 bits per heavy atom. The Morgan fingerprint density at radius 2 is 1.97 bits per heavy atom. The number of halogens is 2. The third kappa shape index (κ3) is 5.20. The topological polar surface area (TPSA) is 97.3 Å². The SMILES string of the molecule is O=C(NC[C@H]1C[C@H](C(=O)Nc2ccc(-n3ccccc3=O)cc2F)CC1=O)c1ccc(Cl)s1. The second-order valence-electron chi connectivity index (χ2n) is 7.68. The van der Waals surface area contributed by atoms with E-state index in [-0.39, 0.29) is 42.3 Å². The van der Waals surface area contributed by atoms with Crippen molar-refractivity contribution < 1.29 is 18.8 Å². The number of thiophene rings is 1. The van der Waals surface area contributed by atoms with Crippen molar-refractivity contribution in [2.45, 2.75) is 12.8 Å². The van der Waals surface area contributed by atoms with Gasteiger partial charge in [-0.1, -0.05) is 17.7 Å². The molecule has 2 aromatic heterocycles. The lowest BCUT2D eigenvalue weighted by atomic mass is 10.0. The van der Waals surface area contributed by atoms with Gasteiger partial charge in [0.25, 0.3) is 11.5 Å². The van der Waals surface area contributed by atoms with Gasteiger partial charge in [0.2, 0.25) is 5.91 Å². The van der Waals surface area contributed by atoms with Gasteiger partial charge in [-0.2, -0.15) is 0 Å². The van der Waals surface area contributed by atoms with Gasteiger partial charge < -0.3 is 10.6 Å². The fraction of sp³-hybridized carbons (Fsp3) is 0.217. The molecule has 0 aliphatic heterocycles. The van der Waals surface area contributed by atoms with Crippen LogP contribution in [-0.2, 0) is 9.59 Å². The summed E-state index contributed by atoms with van der Waals surface area (Å²) in [7, 11) is 0. The van der Waals surface area contributed by atoms with E-state index >= 15 is 0 Å². The fourth-order valence-electron chi connectivity index (χ4n) is 3.73. The summed E-state index contributed by atoms with van der Waals surface area (Å²) >= 11 is 6.97. The second kappa shape index (κ2) is 9.68. The Hall–Kier alpha value is -3.30. The molecule has 0 bridgehead atoms. The van der Waals surface area contributed by atoms with Crippen LogP contribution in [0.5, 0.6) is 0 Å². The number of rotatable bonds is 6. The molecule has 33 heavy (non-hydrogen) atoms. The molecule has 4 rings (SSSR count). The maximum absolute atomic E-state index is 14.6. The zero-order chi connectivity index (χ0) is 23.5. The Bertz CT molecular complexity index is 1290. The highest BCUT2D eigenvalue weighted by Crippen LogP contribution is 2.29. The number of hydrogen-bond donors (Lipinski definition) is 2. The lowest BCUT2D eigenvalue weighted by molar-refractivity contribution is -0.123. The Morgan fingerprint density at radius 3 is 2.67 bits per heavy atom. The number of benzene rings is 1. The lowest BCUT2D eigenvalue weighted by Crippen LogP contribution is -2.30. The van der Waals surface area contributed by atoms with Crippen molar-refractivity contribution in [3.63, 3.8) is 0 Å². The molecule has 1 fully saturated rings. The number of nitrogens with one attached hydrogen (secondary N) is 2. The molecular weight excluding hydrogens is 469 g/mol. The quantitative estimate of drug-likeness (QED) is 0.554. The molecule has 2 heterocycles. The molecule has 2 N–H and O–H groups in total. The summed E-state index contributed by atoms with van der Waals surface area (Å²) in [4.78, 5) is 49.5. The molecule has 10 heteroatoms. The summed E-state index contributed by atoms with van der Waals surface area (Å²) in [5, 5.41) is 5.23. The van der Waals surface area contributed by atoms with Crippen LogP contribution in [0.15, 0.2) is 59.5 Å². The van der Waals surface area contributed by atoms with Gasteiger partial charge in [0, 0.05) is 43.1 Å². The molecule has 0 saturated heterocycles. The average Bonchev–Trinajstić information content (AvgIpc) is 3.39. The van der Waals surface area contributed by atoms with Crippen molar-refractivity contribution in [2.24, 2.45) is 11.8 Å². The van der Waals surface area contributed by atoms with Gasteiger partial charge in [-0.05, 0) is 36.8 Å². The zero-order valence-electron chi connectivity index (χ0n) is 17.2. The van der Waals surface area contributed by atoms with E-state index in [9.17, 15) is 23.6 Å². The van der Waals surface area contributed by atoms with Crippen LogP contribution in [0.2, 0.25) is 4.34 Å². The van der Waals surface area contributed by atoms with E-state index < -0.39 is 23.6 Å². The van der Waals surface area contributed by atoms with Crippen LogP contribution in [0, 0.1) is 17.7 Å². The van der Waals surface area contributed by atoms with Gasteiger partial charge in [0.1, 0.15) is 11.6 Å². The number of pyridine rings is 1. The van der Waals surface area contributed by atoms with Gasteiger partial charge >= 0.3 is 0 Å². The highest BCUT2D eigenvalue weighted by atomic mass is 35.5. The first-order chi connectivity index (χ1) is 15.8. The van der Waals surface area contributed by atoms with Crippen LogP contribution in [0.1, 0.15) is 22.5 Å². The summed E-state index contributed by atoms with van der Waals surface area (Å²) in [6.07, 6.45) is 1.80. The molecule has 170 valence electrons. The molecule has 0 radical (unpaired) electrons. The first-order valence-corrected chi connectivity index (χ1v) is 11.4. The van der Waals surface area contributed by atoms with E-state index in [1.807, 2.05) is 0 Å². The number of hydrogen-bond acceptors (Lipinski definition) is 5. The minimum Gasteiger partial charge on any atom is -0.351 e. The minimum atomic E-state index is -0.695. The fourth-order valence-corrected chi connectivity index (χ4v) is 4.69. The maximum Gasteiger partial charge on any atom is 0.261 e. The Kier molecular flexibility index (Phi) is 6.71. The van der Waals surface area contributed by atoms with Crippen molar-refractivity contribution in [1.82, 2.24) is 9.88 Å². The van der Waals surface area contributed by atoms with Crippen LogP contribution < -0.4 is 16.2 Å². The van der Waals surface area contributed by atoms with Crippen LogP contribution in [0.3, 0.4) is 0 Å². The highest BCUT2D eigenvalue weighted by Gasteiger charge is 2.37. The highest BCUT2D eigenvalue weighted by molar-refractivity contribution is 7.18. The molecule has 2 atom stereocenters. The monoisotopic (exact) mass is 487 g/mol. The van der Waals surface area contributed by atoms with Crippen LogP contribution in [0.4, 0.5) is 10.1 Å². The second-order valence-corrected chi connectivity index (χ2v) is 9.39. The van der Waals surface area contributed by atoms with E-state index in [0.717, 1.165) is 17.4 Å². The molecule has 7 nitrogen and oxygen atoms in total. The largest absolute Gasteiger partial charge is 0.351 e. The number of ketones is 1. The molecular formula is C23H19ClFN3O4S. The van der Waals surface area contributed by atoms with E-state index in [0.29, 0.717) is 14.9 Å². The number of aromatic nitrogens is 1. The first-order valence-electron chi connectivity index (χ1n) is 10.2. The van der Waals surface area contributed by atoms with Crippen molar-refractivity contribution in [3.05, 3.63) is 80.1 Å². The van der Waals surface area contributed by atoms with Crippen molar-refractivity contribution >= 4 is 46.2 Å². The minimum absolute atomic E-state index is 0.0241. The van der Waals surface area contributed by atoms with Crippen molar-refractivity contribution in [2.75, 3.05) is 11.9 Å². The average molecular weight is 488 g/mol. The normalized spacial score (nSPS) is 17.7. The van der Waals surface area contributed by atoms with Gasteiger partial charge in [-0.3, -0.25) is 23.7 Å². The molecule has 1 saturated carbocycles. The van der Waals surface area contributed by atoms with E-state index in [1.54, 1.807) is 24.3 Å². The predicted octanol–water partition coefficient (Wildman–Crippen LogP) is 3.66. The molecule has 0 unspecified atom stereocenters. The van der Waals surface area contributed by atoms with Gasteiger partial charge in [-0.15, -0.1) is 11.3 Å². The summed E-state index contributed by atoms with van der Waals surface area (Å²) in [5.74, 6) is -2.72. The number of Topliss-reactive ketones (excluding diaryl/α,β-unsaturated/α-hetero) is 1. The van der Waals surface area contributed by atoms with Gasteiger partial charge in [-0.25, -0.2) is 4.39 Å². The third-order valence-electron chi connectivity index (χ3n) is 5.46. The van der Waals surface area contributed by atoms with Crippen molar-refractivity contribution in [3.8, 4) is 5.69 Å². The van der Waals surface area contributed by atoms with E-state index in [1.165, 1.54) is 29.0 Å². The molecule has 1 aliphatic rings. The predicted molar refractivity (Wildman–Crippen MR) is 124 cm³/mol. The molecule has 3 aromatic rings. The maximum atomic E-state index is 14.6. The number of carbonyl (C=O) groups is 3. The van der Waals surface area contributed by atoms with Gasteiger partial charge in [0.15, 0.2) is 0 Å². The molecule has 0 spiro atoms. The van der Waals surface area contributed by atoms with Crippen LogP contribution >= 0.6 is 22.9 Å². The summed E-state index contributed by atoms with van der Waals surface area (Å²) in [6, 6.07) is 11.9. The summed E-state index contributed by atoms with van der Waals surface area (Å²) < 4.78 is 16.4. The number of nitrogens with zero attached hydrogens (tertiary/aromatic N) is 1. The standard InChI is InChI=1S/C23H19ClFN3O4S/c24-20-7-6-19(33-20)23(32)26-12-14-9-13(10-18(14)29)22(31)27-17-5-4-15(11-16(17)25)28-8-2-1-3-21(28)30/h1-8,11,13-14H,9-10,12H2,(H,26,32)(H,27,31)/t13-,14+/m0/s1. The number of amides is 2. The van der Waals surface area contributed by atoms with E-state index in [2.05, 4.69) is 10.6 Å².